The monoisotopic (exact) mass is 605 g/mol. The van der Waals surface area contributed by atoms with Crippen molar-refractivity contribution in [2.75, 3.05) is 16.0 Å². The molecule has 13 nitrogen and oxygen atoms in total. The summed E-state index contributed by atoms with van der Waals surface area (Å²) < 4.78 is 5.34. The van der Waals surface area contributed by atoms with E-state index in [4.69, 9.17) is 4.74 Å². The molecular weight excluding hydrogens is 570 g/mol. The molecule has 0 saturated carbocycles. The lowest BCUT2D eigenvalue weighted by Gasteiger charge is -2.21. The van der Waals surface area contributed by atoms with Crippen LogP contribution in [0.5, 0.6) is 0 Å². The minimum atomic E-state index is -0.808. The Hall–Kier alpha value is -5.33. The third-order valence-corrected chi connectivity index (χ3v) is 6.30. The number of nitrogens with zero attached hydrogens (tertiary/aromatic N) is 2. The lowest BCUT2D eigenvalue weighted by atomic mass is 10.0. The maximum Gasteiger partial charge on any atom is 0.412 e. The van der Waals surface area contributed by atoms with Gasteiger partial charge in [0.1, 0.15) is 5.60 Å². The van der Waals surface area contributed by atoms with E-state index in [0.717, 1.165) is 49.4 Å². The van der Waals surface area contributed by atoms with Crippen LogP contribution in [0.2, 0.25) is 0 Å². The first-order chi connectivity index (χ1) is 20.8. The van der Waals surface area contributed by atoms with E-state index in [9.17, 15) is 34.6 Å². The lowest BCUT2D eigenvalue weighted by Crippen LogP contribution is -2.27. The number of ether oxygens (including phenoxy) is 1. The van der Waals surface area contributed by atoms with Crippen molar-refractivity contribution < 1.29 is 29.0 Å². The Morgan fingerprint density at radius 3 is 2.14 bits per heavy atom. The Morgan fingerprint density at radius 1 is 0.818 bits per heavy atom. The lowest BCUT2D eigenvalue weighted by molar-refractivity contribution is -0.394. The van der Waals surface area contributed by atoms with E-state index in [2.05, 4.69) is 22.9 Å². The molecule has 0 aromatic heterocycles. The SMILES string of the molecule is CCCCCc1ccc(C(=O)Nc2ccc(NC(=O)Cc3ccc([N+](=O)[O-])cc3[N+](=O)[O-])cc2NC(=O)OC(C)(C)C)cc1. The first-order valence-electron chi connectivity index (χ1n) is 14.0. The molecule has 0 aliphatic heterocycles. The Kier molecular flexibility index (Phi) is 11.1. The third-order valence-electron chi connectivity index (χ3n) is 6.30. The minimum Gasteiger partial charge on any atom is -0.444 e. The van der Waals surface area contributed by atoms with Gasteiger partial charge in [0.05, 0.1) is 33.7 Å². The highest BCUT2D eigenvalue weighted by molar-refractivity contribution is 6.07. The van der Waals surface area contributed by atoms with Gasteiger partial charge in [-0.25, -0.2) is 4.79 Å². The zero-order chi connectivity index (χ0) is 32.4. The van der Waals surface area contributed by atoms with E-state index in [-0.39, 0.29) is 22.6 Å². The average Bonchev–Trinajstić information content (AvgIpc) is 2.93. The molecule has 0 radical (unpaired) electrons. The number of amides is 3. The summed E-state index contributed by atoms with van der Waals surface area (Å²) in [5.74, 6) is -1.07. The van der Waals surface area contributed by atoms with Crippen LogP contribution in [-0.2, 0) is 22.4 Å². The fraction of sp³-hybridized carbons (Fsp3) is 0.323. The van der Waals surface area contributed by atoms with Crippen molar-refractivity contribution in [3.05, 3.63) is 97.6 Å². The number of rotatable bonds is 12. The number of benzene rings is 3. The van der Waals surface area contributed by atoms with Gasteiger partial charge in [-0.3, -0.25) is 35.1 Å². The summed E-state index contributed by atoms with van der Waals surface area (Å²) in [6.45, 7) is 7.20. The Morgan fingerprint density at radius 2 is 1.52 bits per heavy atom. The van der Waals surface area contributed by atoms with E-state index in [0.29, 0.717) is 5.56 Å². The fourth-order valence-electron chi connectivity index (χ4n) is 4.21. The third kappa shape index (κ3) is 9.89. The summed E-state index contributed by atoms with van der Waals surface area (Å²) in [5.41, 5.74) is 0.242. The number of nitrogens with one attached hydrogen (secondary N) is 3. The molecule has 0 spiro atoms. The molecule has 0 fully saturated rings. The van der Waals surface area contributed by atoms with Gasteiger partial charge in [-0.05, 0) is 75.6 Å². The number of unbranched alkanes of at least 4 members (excludes halogenated alkanes) is 2. The molecule has 3 aromatic rings. The van der Waals surface area contributed by atoms with E-state index >= 15 is 0 Å². The van der Waals surface area contributed by atoms with Crippen molar-refractivity contribution in [1.29, 1.82) is 0 Å². The zero-order valence-electron chi connectivity index (χ0n) is 25.0. The highest BCUT2D eigenvalue weighted by Gasteiger charge is 2.22. The Bertz CT molecular complexity index is 1550. The van der Waals surface area contributed by atoms with E-state index in [1.165, 1.54) is 18.2 Å². The summed E-state index contributed by atoms with van der Waals surface area (Å²) in [4.78, 5) is 59.3. The molecule has 0 saturated heterocycles. The average molecular weight is 606 g/mol. The van der Waals surface area contributed by atoms with E-state index in [1.807, 2.05) is 12.1 Å². The smallest absolute Gasteiger partial charge is 0.412 e. The zero-order valence-corrected chi connectivity index (χ0v) is 25.0. The van der Waals surface area contributed by atoms with Crippen molar-refractivity contribution in [2.45, 2.75) is 65.4 Å². The van der Waals surface area contributed by atoms with Crippen LogP contribution >= 0.6 is 0 Å². The van der Waals surface area contributed by atoms with Crippen molar-refractivity contribution in [2.24, 2.45) is 0 Å². The molecule has 0 heterocycles. The highest BCUT2D eigenvalue weighted by Crippen LogP contribution is 2.29. The van der Waals surface area contributed by atoms with Gasteiger partial charge < -0.3 is 15.4 Å². The van der Waals surface area contributed by atoms with Crippen molar-refractivity contribution >= 4 is 46.3 Å². The molecule has 0 atom stereocenters. The summed E-state index contributed by atoms with van der Waals surface area (Å²) in [6.07, 6.45) is 2.98. The van der Waals surface area contributed by atoms with Crippen molar-refractivity contribution in [3.63, 3.8) is 0 Å². The van der Waals surface area contributed by atoms with Crippen LogP contribution in [0.1, 0.15) is 68.4 Å². The summed E-state index contributed by atoms with van der Waals surface area (Å²) in [7, 11) is 0. The van der Waals surface area contributed by atoms with E-state index in [1.54, 1.807) is 32.9 Å². The van der Waals surface area contributed by atoms with Gasteiger partial charge in [-0.1, -0.05) is 31.9 Å². The molecule has 0 aliphatic carbocycles. The number of hydrogen-bond donors (Lipinski definition) is 3. The van der Waals surface area contributed by atoms with Crippen LogP contribution in [0.3, 0.4) is 0 Å². The van der Waals surface area contributed by atoms with Crippen LogP contribution in [0.4, 0.5) is 33.2 Å². The molecule has 3 rings (SSSR count). The number of carbonyl (C=O) groups is 3. The molecule has 0 bridgehead atoms. The second kappa shape index (κ2) is 14.7. The maximum atomic E-state index is 13.0. The number of aryl methyl sites for hydroxylation is 1. The number of nitro benzene ring substituents is 2. The van der Waals surface area contributed by atoms with Crippen LogP contribution < -0.4 is 16.0 Å². The molecule has 232 valence electrons. The van der Waals surface area contributed by atoms with Gasteiger partial charge in [-0.15, -0.1) is 0 Å². The Balaban J connectivity index is 1.81. The van der Waals surface area contributed by atoms with Crippen LogP contribution in [0.25, 0.3) is 0 Å². The molecule has 0 aliphatic rings. The van der Waals surface area contributed by atoms with Gasteiger partial charge in [0.15, 0.2) is 0 Å². The first-order valence-corrected chi connectivity index (χ1v) is 14.0. The largest absolute Gasteiger partial charge is 0.444 e. The van der Waals surface area contributed by atoms with Crippen LogP contribution in [-0.4, -0.2) is 33.4 Å². The normalized spacial score (nSPS) is 10.9. The molecule has 44 heavy (non-hydrogen) atoms. The predicted molar refractivity (Wildman–Crippen MR) is 166 cm³/mol. The molecule has 3 amide bonds. The quantitative estimate of drug-likeness (QED) is 0.112. The van der Waals surface area contributed by atoms with E-state index < -0.39 is 51.2 Å². The number of non-ortho nitro benzene ring substituents is 1. The highest BCUT2D eigenvalue weighted by atomic mass is 16.6. The number of nitro groups is 2. The molecular formula is C31H35N5O8. The van der Waals surface area contributed by atoms with Gasteiger partial charge in [0, 0.05) is 22.9 Å². The van der Waals surface area contributed by atoms with Gasteiger partial charge >= 0.3 is 6.09 Å². The molecule has 3 N–H and O–H groups in total. The first kappa shape index (κ1) is 33.2. The summed E-state index contributed by atoms with van der Waals surface area (Å²) >= 11 is 0. The van der Waals surface area contributed by atoms with Gasteiger partial charge in [-0.2, -0.15) is 0 Å². The Labute approximate surface area is 254 Å². The van der Waals surface area contributed by atoms with Crippen LogP contribution in [0.15, 0.2) is 60.7 Å². The second-order valence-corrected chi connectivity index (χ2v) is 11.0. The minimum absolute atomic E-state index is 0.0227. The standard InChI is InChI=1S/C31H35N5O8/c1-5-6-7-8-20-9-11-21(12-10-20)29(38)33-25-16-14-23(18-26(25)34-30(39)44-31(2,3)4)32-28(37)17-22-13-15-24(35(40)41)19-27(22)36(42)43/h9-16,18-19H,5-8,17H2,1-4H3,(H,32,37)(H,33,38)(H,34,39). The van der Waals surface area contributed by atoms with Gasteiger partial charge in [0.25, 0.3) is 17.3 Å². The molecule has 13 heteroatoms. The van der Waals surface area contributed by atoms with Crippen LogP contribution in [0, 0.1) is 20.2 Å². The number of hydrogen-bond acceptors (Lipinski definition) is 8. The molecule has 0 unspecified atom stereocenters. The summed E-state index contributed by atoms with van der Waals surface area (Å²) in [5, 5.41) is 30.4. The summed E-state index contributed by atoms with van der Waals surface area (Å²) in [6, 6.07) is 14.6. The predicted octanol–water partition coefficient (Wildman–Crippen LogP) is 7.02. The topological polar surface area (TPSA) is 183 Å². The van der Waals surface area contributed by atoms with Crippen molar-refractivity contribution in [1.82, 2.24) is 0 Å². The second-order valence-electron chi connectivity index (χ2n) is 11.0. The molecule has 3 aromatic carbocycles. The number of anilines is 3. The number of carbonyl (C=O) groups excluding carboxylic acids is 3. The maximum absolute atomic E-state index is 13.0. The van der Waals surface area contributed by atoms with Gasteiger partial charge in [0.2, 0.25) is 5.91 Å². The fourth-order valence-corrected chi connectivity index (χ4v) is 4.21. The van der Waals surface area contributed by atoms with Crippen molar-refractivity contribution in [3.8, 4) is 0 Å².